The van der Waals surface area contributed by atoms with Gasteiger partial charge in [0.1, 0.15) is 0 Å². The van der Waals surface area contributed by atoms with E-state index in [9.17, 15) is 0 Å². The molecule has 0 radical (unpaired) electrons. The lowest BCUT2D eigenvalue weighted by atomic mass is 9.93. The molecule has 4 heteroatoms. The van der Waals surface area contributed by atoms with Crippen LogP contribution >= 0.6 is 23.2 Å². The molecule has 1 heterocycles. The Hall–Kier alpha value is -0.280. The molecule has 0 aromatic heterocycles. The molecule has 0 bridgehead atoms. The molecule has 2 nitrogen and oxygen atoms in total. The number of benzene rings is 1. The Bertz CT molecular complexity index is 459. The highest BCUT2D eigenvalue weighted by Gasteiger charge is 2.42. The second kappa shape index (κ2) is 5.61. The summed E-state index contributed by atoms with van der Waals surface area (Å²) in [5.74, 6) is 0.643. The monoisotopic (exact) mass is 298 g/mol. The topological polar surface area (TPSA) is 15.3 Å². The summed E-state index contributed by atoms with van der Waals surface area (Å²) in [6.07, 6.45) is 3.93. The first-order valence-corrected chi connectivity index (χ1v) is 7.81. The summed E-state index contributed by atoms with van der Waals surface area (Å²) in [6.45, 7) is 2.24. The first-order valence-electron chi connectivity index (χ1n) is 7.06. The van der Waals surface area contributed by atoms with Crippen molar-refractivity contribution >= 4 is 23.2 Å². The molecule has 1 saturated carbocycles. The van der Waals surface area contributed by atoms with E-state index in [1.807, 2.05) is 19.2 Å². The molecule has 19 heavy (non-hydrogen) atoms. The van der Waals surface area contributed by atoms with Crippen molar-refractivity contribution in [2.45, 2.75) is 31.3 Å². The molecular formula is C15H20Cl2N2. The van der Waals surface area contributed by atoms with E-state index in [0.717, 1.165) is 22.6 Å². The van der Waals surface area contributed by atoms with Crippen LogP contribution in [0, 0.1) is 5.92 Å². The minimum absolute atomic E-state index is 0.449. The maximum atomic E-state index is 6.43. The average molecular weight is 299 g/mol. The molecule has 1 N–H and O–H groups in total. The van der Waals surface area contributed by atoms with E-state index in [1.165, 1.54) is 31.4 Å². The second-order valence-electron chi connectivity index (χ2n) is 5.69. The van der Waals surface area contributed by atoms with Gasteiger partial charge in [0.15, 0.2) is 0 Å². The van der Waals surface area contributed by atoms with Crippen molar-refractivity contribution in [3.8, 4) is 0 Å². The molecule has 104 valence electrons. The number of hydrogen-bond donors (Lipinski definition) is 1. The van der Waals surface area contributed by atoms with Crippen LogP contribution in [0.15, 0.2) is 18.2 Å². The predicted octanol–water partition coefficient (Wildman–Crippen LogP) is 3.74. The van der Waals surface area contributed by atoms with Gasteiger partial charge in [-0.05, 0) is 63.0 Å². The van der Waals surface area contributed by atoms with E-state index in [-0.39, 0.29) is 0 Å². The highest BCUT2D eigenvalue weighted by atomic mass is 35.5. The Labute approximate surface area is 125 Å². The van der Waals surface area contributed by atoms with Crippen molar-refractivity contribution in [1.82, 2.24) is 10.2 Å². The molecule has 2 fully saturated rings. The van der Waals surface area contributed by atoms with Crippen molar-refractivity contribution in [3.05, 3.63) is 33.8 Å². The number of halogens is 2. The van der Waals surface area contributed by atoms with Crippen LogP contribution in [0.2, 0.25) is 10.0 Å². The zero-order valence-electron chi connectivity index (χ0n) is 11.2. The van der Waals surface area contributed by atoms with Gasteiger partial charge in [0.2, 0.25) is 0 Å². The molecule has 0 spiro atoms. The van der Waals surface area contributed by atoms with Gasteiger partial charge in [-0.1, -0.05) is 29.3 Å². The van der Waals surface area contributed by atoms with E-state index in [2.05, 4.69) is 16.3 Å². The Balaban J connectivity index is 1.91. The summed E-state index contributed by atoms with van der Waals surface area (Å²) in [4.78, 5) is 2.65. The molecule has 1 saturated heterocycles. The zero-order chi connectivity index (χ0) is 13.4. The number of hydrogen-bond acceptors (Lipinski definition) is 2. The normalized spacial score (nSPS) is 27.9. The summed E-state index contributed by atoms with van der Waals surface area (Å²) >= 11 is 12.5. The Morgan fingerprint density at radius 2 is 2.05 bits per heavy atom. The number of likely N-dealkylation sites (tertiary alicyclic amines) is 1. The van der Waals surface area contributed by atoms with Crippen molar-refractivity contribution in [3.63, 3.8) is 0 Å². The number of nitrogens with one attached hydrogen (secondary N) is 1. The predicted molar refractivity (Wildman–Crippen MR) is 81.0 cm³/mol. The van der Waals surface area contributed by atoms with Crippen LogP contribution in [0.4, 0.5) is 0 Å². The third kappa shape index (κ3) is 2.78. The summed E-state index contributed by atoms with van der Waals surface area (Å²) in [5.41, 5.74) is 1.25. The van der Waals surface area contributed by atoms with Crippen molar-refractivity contribution < 1.29 is 0 Å². The lowest BCUT2D eigenvalue weighted by Gasteiger charge is -2.29. The Morgan fingerprint density at radius 1 is 1.26 bits per heavy atom. The smallest absolute Gasteiger partial charge is 0.0468 e. The van der Waals surface area contributed by atoms with E-state index in [1.54, 1.807) is 0 Å². The maximum Gasteiger partial charge on any atom is 0.0468 e. The standard InChI is InChI=1S/C15H20Cl2N2/c1-18-9-10-6-7-19(12-3-4-12)15(10)13-5-2-11(16)8-14(13)17/h2,5,8,10,12,15,18H,3-4,6-7,9H2,1H3. The van der Waals surface area contributed by atoms with Gasteiger partial charge in [0, 0.05) is 22.1 Å². The summed E-state index contributed by atoms with van der Waals surface area (Å²) in [5, 5.41) is 4.85. The van der Waals surface area contributed by atoms with Crippen LogP contribution in [0.3, 0.4) is 0 Å². The van der Waals surface area contributed by atoms with Crippen molar-refractivity contribution in [1.29, 1.82) is 0 Å². The molecular weight excluding hydrogens is 279 g/mol. The summed E-state index contributed by atoms with van der Waals surface area (Å²) < 4.78 is 0. The van der Waals surface area contributed by atoms with Gasteiger partial charge in [-0.3, -0.25) is 4.90 Å². The van der Waals surface area contributed by atoms with E-state index in [4.69, 9.17) is 23.2 Å². The lowest BCUT2D eigenvalue weighted by Crippen LogP contribution is -2.30. The molecule has 3 rings (SSSR count). The lowest BCUT2D eigenvalue weighted by molar-refractivity contribution is 0.217. The number of rotatable bonds is 4. The van der Waals surface area contributed by atoms with Crippen LogP contribution in [0.1, 0.15) is 30.9 Å². The fraction of sp³-hybridized carbons (Fsp3) is 0.600. The first-order chi connectivity index (χ1) is 9.20. The Kier molecular flexibility index (Phi) is 4.04. The van der Waals surface area contributed by atoms with E-state index >= 15 is 0 Å². The maximum absolute atomic E-state index is 6.43. The van der Waals surface area contributed by atoms with Crippen molar-refractivity contribution in [2.24, 2.45) is 5.92 Å². The highest BCUT2D eigenvalue weighted by Crippen LogP contribution is 2.45. The second-order valence-corrected chi connectivity index (χ2v) is 6.53. The quantitative estimate of drug-likeness (QED) is 0.911. The van der Waals surface area contributed by atoms with Gasteiger partial charge < -0.3 is 5.32 Å². The zero-order valence-corrected chi connectivity index (χ0v) is 12.7. The van der Waals surface area contributed by atoms with Crippen LogP contribution in [-0.2, 0) is 0 Å². The molecule has 1 aromatic rings. The van der Waals surface area contributed by atoms with Crippen LogP contribution in [0.5, 0.6) is 0 Å². The molecule has 2 aliphatic rings. The van der Waals surface area contributed by atoms with Gasteiger partial charge >= 0.3 is 0 Å². The van der Waals surface area contributed by atoms with Crippen LogP contribution < -0.4 is 5.32 Å². The highest BCUT2D eigenvalue weighted by molar-refractivity contribution is 6.35. The van der Waals surface area contributed by atoms with Gasteiger partial charge in [-0.25, -0.2) is 0 Å². The van der Waals surface area contributed by atoms with Crippen LogP contribution in [0.25, 0.3) is 0 Å². The molecule has 0 amide bonds. The molecule has 1 aromatic carbocycles. The third-order valence-corrected chi connectivity index (χ3v) is 4.89. The SMILES string of the molecule is CNCC1CCN(C2CC2)C1c1ccc(Cl)cc1Cl. The summed E-state index contributed by atoms with van der Waals surface area (Å²) in [7, 11) is 2.03. The number of nitrogens with zero attached hydrogens (tertiary/aromatic N) is 1. The largest absolute Gasteiger partial charge is 0.319 e. The molecule has 2 atom stereocenters. The van der Waals surface area contributed by atoms with E-state index in [0.29, 0.717) is 12.0 Å². The fourth-order valence-electron chi connectivity index (χ4n) is 3.35. The van der Waals surface area contributed by atoms with Gasteiger partial charge in [-0.15, -0.1) is 0 Å². The van der Waals surface area contributed by atoms with Crippen molar-refractivity contribution in [2.75, 3.05) is 20.1 Å². The van der Waals surface area contributed by atoms with Gasteiger partial charge in [-0.2, -0.15) is 0 Å². The fourth-order valence-corrected chi connectivity index (χ4v) is 3.87. The minimum Gasteiger partial charge on any atom is -0.319 e. The summed E-state index contributed by atoms with van der Waals surface area (Å²) in [6, 6.07) is 7.17. The van der Waals surface area contributed by atoms with Crippen LogP contribution in [-0.4, -0.2) is 31.1 Å². The third-order valence-electron chi connectivity index (χ3n) is 4.33. The Morgan fingerprint density at radius 3 is 2.68 bits per heavy atom. The van der Waals surface area contributed by atoms with E-state index < -0.39 is 0 Å². The average Bonchev–Trinajstić information content (AvgIpc) is 3.13. The minimum atomic E-state index is 0.449. The molecule has 1 aliphatic carbocycles. The van der Waals surface area contributed by atoms with Gasteiger partial charge in [0.25, 0.3) is 0 Å². The molecule has 2 unspecified atom stereocenters. The van der Waals surface area contributed by atoms with Gasteiger partial charge in [0.05, 0.1) is 0 Å². The first kappa shape index (κ1) is 13.7. The molecule has 1 aliphatic heterocycles.